The van der Waals surface area contributed by atoms with Crippen molar-refractivity contribution in [3.63, 3.8) is 0 Å². The third kappa shape index (κ3) is 1.12. The van der Waals surface area contributed by atoms with Crippen LogP contribution >= 0.6 is 0 Å². The standard InChI is InChI=1S/C17H12O2/c1-8(2)9-6-12-15-13(7-9)17(19)11-5-3-4-10(14(11)15)16(12)18/h3-8H,1-2H3. The molecular weight excluding hydrogens is 236 g/mol. The average Bonchev–Trinajstić information content (AvgIpc) is 2.86. The number of hydrogen-bond donors (Lipinski definition) is 0. The maximum absolute atomic E-state index is 12.4. The highest BCUT2D eigenvalue weighted by molar-refractivity contribution is 6.17. The van der Waals surface area contributed by atoms with Crippen molar-refractivity contribution in [2.45, 2.75) is 19.8 Å². The molecular formula is C17H12O2. The van der Waals surface area contributed by atoms with E-state index in [1.807, 2.05) is 24.3 Å². The zero-order valence-corrected chi connectivity index (χ0v) is 10.8. The molecule has 0 radical (unpaired) electrons. The van der Waals surface area contributed by atoms with Gasteiger partial charge in [0.15, 0.2) is 10.9 Å². The van der Waals surface area contributed by atoms with Crippen molar-refractivity contribution >= 4 is 21.5 Å². The van der Waals surface area contributed by atoms with Gasteiger partial charge in [-0.25, -0.2) is 0 Å². The fourth-order valence-corrected chi connectivity index (χ4v) is 3.12. The van der Waals surface area contributed by atoms with Crippen LogP contribution in [0.5, 0.6) is 0 Å². The van der Waals surface area contributed by atoms with Gasteiger partial charge < -0.3 is 0 Å². The number of hydrogen-bond acceptors (Lipinski definition) is 2. The van der Waals surface area contributed by atoms with E-state index in [0.29, 0.717) is 27.5 Å². The first-order valence-electron chi connectivity index (χ1n) is 6.50. The van der Waals surface area contributed by atoms with Gasteiger partial charge in [-0.3, -0.25) is 9.59 Å². The van der Waals surface area contributed by atoms with Crippen LogP contribution in [0.3, 0.4) is 0 Å². The number of rotatable bonds is 1. The van der Waals surface area contributed by atoms with E-state index in [0.717, 1.165) is 16.7 Å². The summed E-state index contributed by atoms with van der Waals surface area (Å²) in [5.41, 5.74) is 2.90. The van der Waals surface area contributed by atoms with E-state index in [-0.39, 0.29) is 10.9 Å². The third-order valence-electron chi connectivity index (χ3n) is 4.12. The average molecular weight is 248 g/mol. The Morgan fingerprint density at radius 1 is 0.789 bits per heavy atom. The minimum Gasteiger partial charge on any atom is -0.289 e. The molecule has 0 aliphatic heterocycles. The van der Waals surface area contributed by atoms with Gasteiger partial charge in [-0.05, 0) is 23.6 Å². The Hall–Kier alpha value is -2.22. The lowest BCUT2D eigenvalue weighted by atomic mass is 9.97. The molecule has 4 rings (SSSR count). The monoisotopic (exact) mass is 248 g/mol. The summed E-state index contributed by atoms with van der Waals surface area (Å²) >= 11 is 0. The molecule has 2 aliphatic rings. The molecule has 0 heterocycles. The van der Waals surface area contributed by atoms with Crippen molar-refractivity contribution in [3.05, 3.63) is 56.3 Å². The van der Waals surface area contributed by atoms with E-state index in [9.17, 15) is 9.59 Å². The van der Waals surface area contributed by atoms with Crippen LogP contribution in [0.25, 0.3) is 32.7 Å². The summed E-state index contributed by atoms with van der Waals surface area (Å²) in [6.45, 7) is 4.15. The molecule has 0 saturated heterocycles. The fraction of sp³-hybridized carbons (Fsp3) is 0.176. The zero-order chi connectivity index (χ0) is 13.3. The molecule has 2 nitrogen and oxygen atoms in total. The molecule has 0 saturated carbocycles. The lowest BCUT2D eigenvalue weighted by Crippen LogP contribution is -2.01. The minimum atomic E-state index is 0.0584. The quantitative estimate of drug-likeness (QED) is 0.518. The van der Waals surface area contributed by atoms with E-state index < -0.39 is 0 Å². The Balaban J connectivity index is 2.39. The van der Waals surface area contributed by atoms with Gasteiger partial charge in [0.05, 0.1) is 0 Å². The summed E-state index contributed by atoms with van der Waals surface area (Å²) in [6, 6.07) is 9.34. The SMILES string of the molecule is CC(C)c1cc2c3c(c1)c(=O)c1cccc(c1-3)c2=O. The third-order valence-corrected chi connectivity index (χ3v) is 4.12. The molecule has 2 aromatic carbocycles. The fourth-order valence-electron chi connectivity index (χ4n) is 3.12. The van der Waals surface area contributed by atoms with E-state index in [1.165, 1.54) is 0 Å². The Bertz CT molecular complexity index is 899. The lowest BCUT2D eigenvalue weighted by Gasteiger charge is -2.06. The summed E-state index contributed by atoms with van der Waals surface area (Å²) in [7, 11) is 0. The van der Waals surface area contributed by atoms with Crippen LogP contribution in [0.1, 0.15) is 25.3 Å². The second kappa shape index (κ2) is 3.21. The second-order valence-corrected chi connectivity index (χ2v) is 5.53. The summed E-state index contributed by atoms with van der Waals surface area (Å²) in [6.07, 6.45) is 0. The second-order valence-electron chi connectivity index (χ2n) is 5.53. The molecule has 0 fully saturated rings. The van der Waals surface area contributed by atoms with Crippen molar-refractivity contribution in [1.29, 1.82) is 0 Å². The van der Waals surface area contributed by atoms with Crippen LogP contribution < -0.4 is 10.9 Å². The molecule has 0 bridgehead atoms. The first-order valence-corrected chi connectivity index (χ1v) is 6.50. The van der Waals surface area contributed by atoms with E-state index >= 15 is 0 Å². The van der Waals surface area contributed by atoms with Crippen molar-refractivity contribution in [3.8, 4) is 11.1 Å². The highest BCUT2D eigenvalue weighted by atomic mass is 16.1. The van der Waals surface area contributed by atoms with Gasteiger partial charge in [-0.15, -0.1) is 0 Å². The molecule has 92 valence electrons. The van der Waals surface area contributed by atoms with Crippen LogP contribution in [0.4, 0.5) is 0 Å². The Morgan fingerprint density at radius 2 is 1.26 bits per heavy atom. The molecule has 0 unspecified atom stereocenters. The summed E-state index contributed by atoms with van der Waals surface area (Å²) in [5.74, 6) is 0.307. The highest BCUT2D eigenvalue weighted by Crippen LogP contribution is 2.40. The van der Waals surface area contributed by atoms with Gasteiger partial charge in [0.1, 0.15) is 0 Å². The van der Waals surface area contributed by atoms with Crippen molar-refractivity contribution < 1.29 is 0 Å². The molecule has 0 spiro atoms. The van der Waals surface area contributed by atoms with Gasteiger partial charge in [-0.2, -0.15) is 0 Å². The van der Waals surface area contributed by atoms with E-state index in [1.54, 1.807) is 6.07 Å². The van der Waals surface area contributed by atoms with Crippen molar-refractivity contribution in [2.24, 2.45) is 0 Å². The molecule has 0 N–H and O–H groups in total. The normalized spacial score (nSPS) is 12.6. The highest BCUT2D eigenvalue weighted by Gasteiger charge is 2.26. The van der Waals surface area contributed by atoms with Crippen LogP contribution in [0.15, 0.2) is 39.9 Å². The predicted octanol–water partition coefficient (Wildman–Crippen LogP) is 3.26. The minimum absolute atomic E-state index is 0.0584. The molecule has 2 aromatic rings. The maximum Gasteiger partial charge on any atom is 0.194 e. The largest absolute Gasteiger partial charge is 0.289 e. The van der Waals surface area contributed by atoms with Gasteiger partial charge in [0.2, 0.25) is 0 Å². The Morgan fingerprint density at radius 3 is 1.74 bits per heavy atom. The van der Waals surface area contributed by atoms with E-state index in [4.69, 9.17) is 0 Å². The van der Waals surface area contributed by atoms with Gasteiger partial charge in [0, 0.05) is 32.7 Å². The number of benzene rings is 2. The zero-order valence-electron chi connectivity index (χ0n) is 10.8. The Kier molecular flexibility index (Phi) is 1.80. The smallest absolute Gasteiger partial charge is 0.194 e. The van der Waals surface area contributed by atoms with Crippen LogP contribution in [0, 0.1) is 0 Å². The molecule has 2 aliphatic carbocycles. The predicted molar refractivity (Wildman–Crippen MR) is 78.3 cm³/mol. The molecule has 2 heteroatoms. The van der Waals surface area contributed by atoms with Gasteiger partial charge in [0.25, 0.3) is 0 Å². The lowest BCUT2D eigenvalue weighted by molar-refractivity contribution is 0.870. The molecule has 19 heavy (non-hydrogen) atoms. The summed E-state index contributed by atoms with van der Waals surface area (Å²) in [5, 5.41) is 2.77. The van der Waals surface area contributed by atoms with Crippen LogP contribution in [-0.2, 0) is 0 Å². The first kappa shape index (κ1) is 10.7. The maximum atomic E-state index is 12.4. The topological polar surface area (TPSA) is 34.1 Å². The van der Waals surface area contributed by atoms with Crippen LogP contribution in [-0.4, -0.2) is 0 Å². The Labute approximate surface area is 109 Å². The molecule has 0 amide bonds. The summed E-state index contributed by atoms with van der Waals surface area (Å²) in [4.78, 5) is 24.9. The van der Waals surface area contributed by atoms with Crippen molar-refractivity contribution in [2.75, 3.05) is 0 Å². The molecule has 0 atom stereocenters. The van der Waals surface area contributed by atoms with Gasteiger partial charge >= 0.3 is 0 Å². The van der Waals surface area contributed by atoms with Crippen molar-refractivity contribution in [1.82, 2.24) is 0 Å². The van der Waals surface area contributed by atoms with E-state index in [2.05, 4.69) is 13.8 Å². The molecule has 0 aromatic heterocycles. The van der Waals surface area contributed by atoms with Gasteiger partial charge in [-0.1, -0.05) is 32.0 Å². The van der Waals surface area contributed by atoms with Crippen LogP contribution in [0.2, 0.25) is 0 Å². The summed E-state index contributed by atoms with van der Waals surface area (Å²) < 4.78 is 0. The first-order chi connectivity index (χ1) is 9.09.